The van der Waals surface area contributed by atoms with Gasteiger partial charge in [-0.05, 0) is 94.0 Å². The van der Waals surface area contributed by atoms with Crippen LogP contribution >= 0.6 is 0 Å². The van der Waals surface area contributed by atoms with Crippen molar-refractivity contribution >= 4 is 32.3 Å². The quantitative estimate of drug-likeness (QED) is 0.171. The minimum absolute atomic E-state index is 1.21. The van der Waals surface area contributed by atoms with Crippen LogP contribution in [0.5, 0.6) is 0 Å². The lowest BCUT2D eigenvalue weighted by molar-refractivity contribution is 1.58. The fourth-order valence-corrected chi connectivity index (χ4v) is 7.55. The summed E-state index contributed by atoms with van der Waals surface area (Å²) in [6, 6.07) is 70.7. The van der Waals surface area contributed by atoms with Gasteiger partial charge in [-0.15, -0.1) is 0 Å². The molecule has 0 N–H and O–H groups in total. The lowest BCUT2D eigenvalue weighted by atomic mass is 9.83. The average Bonchev–Trinajstić information content (AvgIpc) is 3.17. The van der Waals surface area contributed by atoms with Crippen LogP contribution in [-0.2, 0) is 0 Å². The van der Waals surface area contributed by atoms with Crippen molar-refractivity contribution < 1.29 is 0 Å². The van der Waals surface area contributed by atoms with Gasteiger partial charge >= 0.3 is 0 Å². The maximum absolute atomic E-state index is 2.44. The van der Waals surface area contributed by atoms with E-state index in [1.807, 2.05) is 0 Å². The Kier molecular flexibility index (Phi) is 6.91. The van der Waals surface area contributed by atoms with Crippen LogP contribution < -0.4 is 0 Å². The Hall–Kier alpha value is -6.24. The van der Waals surface area contributed by atoms with Crippen LogP contribution in [0.3, 0.4) is 0 Å². The molecule has 0 heteroatoms. The van der Waals surface area contributed by atoms with Crippen molar-refractivity contribution in [3.63, 3.8) is 0 Å². The molecule has 0 nitrogen and oxygen atoms in total. The molecule has 0 aliphatic rings. The van der Waals surface area contributed by atoms with Crippen molar-refractivity contribution in [2.75, 3.05) is 0 Å². The molecule has 9 aromatic carbocycles. The van der Waals surface area contributed by atoms with Crippen molar-refractivity contribution in [2.45, 2.75) is 0 Å². The second-order valence-corrected chi connectivity index (χ2v) is 12.4. The van der Waals surface area contributed by atoms with Gasteiger partial charge in [0.05, 0.1) is 0 Å². The van der Waals surface area contributed by atoms with E-state index in [1.165, 1.54) is 88.0 Å². The van der Waals surface area contributed by atoms with E-state index in [2.05, 4.69) is 194 Å². The van der Waals surface area contributed by atoms with Crippen LogP contribution in [0.15, 0.2) is 194 Å². The second kappa shape index (κ2) is 11.8. The minimum atomic E-state index is 1.21. The first kappa shape index (κ1) is 28.0. The van der Waals surface area contributed by atoms with Crippen molar-refractivity contribution in [2.24, 2.45) is 0 Å². The molecular weight excluding hydrogens is 577 g/mol. The molecule has 0 fully saturated rings. The van der Waals surface area contributed by atoms with Gasteiger partial charge < -0.3 is 0 Å². The van der Waals surface area contributed by atoms with Crippen molar-refractivity contribution in [3.05, 3.63) is 194 Å². The standard InChI is InChI=1S/C48H32/c1-4-16-33(17-5-1)38-22-10-11-23-40(38)48-39(34-18-6-2-7-19-34)31-30-35-28-29-37(32-45(35)48)47-43-26-14-12-24-41(43)46(36-20-8-3-9-21-36)42-25-13-15-27-44(42)47/h1-32H. The van der Waals surface area contributed by atoms with Crippen LogP contribution in [-0.4, -0.2) is 0 Å². The lowest BCUT2D eigenvalue weighted by Crippen LogP contribution is -1.93. The fourth-order valence-electron chi connectivity index (χ4n) is 7.55. The summed E-state index contributed by atoms with van der Waals surface area (Å²) in [7, 11) is 0. The summed E-state index contributed by atoms with van der Waals surface area (Å²) in [5.74, 6) is 0. The summed E-state index contributed by atoms with van der Waals surface area (Å²) >= 11 is 0. The number of rotatable bonds is 5. The van der Waals surface area contributed by atoms with Gasteiger partial charge in [-0.1, -0.05) is 188 Å². The zero-order chi connectivity index (χ0) is 31.9. The minimum Gasteiger partial charge on any atom is -0.0622 e. The Morgan fingerprint density at radius 2 is 0.625 bits per heavy atom. The molecular formula is C48H32. The maximum Gasteiger partial charge on any atom is -0.00204 e. The van der Waals surface area contributed by atoms with Crippen molar-refractivity contribution in [1.82, 2.24) is 0 Å². The topological polar surface area (TPSA) is 0 Å². The highest BCUT2D eigenvalue weighted by Crippen LogP contribution is 2.47. The maximum atomic E-state index is 2.44. The molecule has 48 heavy (non-hydrogen) atoms. The van der Waals surface area contributed by atoms with Gasteiger partial charge in [-0.25, -0.2) is 0 Å². The van der Waals surface area contributed by atoms with Gasteiger partial charge in [0.1, 0.15) is 0 Å². The summed E-state index contributed by atoms with van der Waals surface area (Å²) in [5, 5.41) is 7.54. The van der Waals surface area contributed by atoms with Gasteiger partial charge in [0, 0.05) is 0 Å². The molecule has 9 aromatic rings. The lowest BCUT2D eigenvalue weighted by Gasteiger charge is -2.20. The molecule has 0 saturated carbocycles. The van der Waals surface area contributed by atoms with Gasteiger partial charge in [0.25, 0.3) is 0 Å². The number of hydrogen-bond donors (Lipinski definition) is 0. The molecule has 0 atom stereocenters. The number of benzene rings is 9. The molecule has 0 aliphatic carbocycles. The third-order valence-corrected chi connectivity index (χ3v) is 9.67. The highest BCUT2D eigenvalue weighted by atomic mass is 14.2. The molecule has 0 amide bonds. The van der Waals surface area contributed by atoms with Gasteiger partial charge in [-0.2, -0.15) is 0 Å². The largest absolute Gasteiger partial charge is 0.0622 e. The first-order valence-electron chi connectivity index (χ1n) is 16.6. The molecule has 0 radical (unpaired) electrons. The predicted molar refractivity (Wildman–Crippen MR) is 206 cm³/mol. The van der Waals surface area contributed by atoms with E-state index in [-0.39, 0.29) is 0 Å². The van der Waals surface area contributed by atoms with Crippen LogP contribution in [0.25, 0.3) is 88.0 Å². The third-order valence-electron chi connectivity index (χ3n) is 9.67. The first-order valence-corrected chi connectivity index (χ1v) is 16.6. The normalized spacial score (nSPS) is 11.3. The van der Waals surface area contributed by atoms with Gasteiger partial charge in [0.15, 0.2) is 0 Å². The third kappa shape index (κ3) is 4.70. The molecule has 0 aromatic heterocycles. The highest BCUT2D eigenvalue weighted by Gasteiger charge is 2.19. The molecule has 0 spiro atoms. The summed E-state index contributed by atoms with van der Waals surface area (Å²) in [6.45, 7) is 0. The predicted octanol–water partition coefficient (Wildman–Crippen LogP) is 13.5. The van der Waals surface area contributed by atoms with E-state index in [1.54, 1.807) is 0 Å². The van der Waals surface area contributed by atoms with Gasteiger partial charge in [0.2, 0.25) is 0 Å². The van der Waals surface area contributed by atoms with Crippen LogP contribution in [0.4, 0.5) is 0 Å². The average molecular weight is 609 g/mol. The van der Waals surface area contributed by atoms with E-state index in [0.717, 1.165) is 0 Å². The zero-order valence-electron chi connectivity index (χ0n) is 26.5. The van der Waals surface area contributed by atoms with E-state index in [0.29, 0.717) is 0 Å². The zero-order valence-corrected chi connectivity index (χ0v) is 26.5. The first-order chi connectivity index (χ1) is 23.8. The van der Waals surface area contributed by atoms with E-state index >= 15 is 0 Å². The van der Waals surface area contributed by atoms with Gasteiger partial charge in [-0.3, -0.25) is 0 Å². The molecule has 0 unspecified atom stereocenters. The van der Waals surface area contributed by atoms with Crippen molar-refractivity contribution in [3.8, 4) is 55.6 Å². The Morgan fingerprint density at radius 3 is 1.19 bits per heavy atom. The summed E-state index contributed by atoms with van der Waals surface area (Å²) < 4.78 is 0. The molecule has 0 aliphatic heterocycles. The Morgan fingerprint density at radius 1 is 0.208 bits per heavy atom. The summed E-state index contributed by atoms with van der Waals surface area (Å²) in [4.78, 5) is 0. The summed E-state index contributed by atoms with van der Waals surface area (Å²) in [6.07, 6.45) is 0. The Labute approximate surface area is 281 Å². The number of fused-ring (bicyclic) bond motifs is 3. The Balaban J connectivity index is 1.39. The number of hydrogen-bond acceptors (Lipinski definition) is 0. The molecule has 0 heterocycles. The molecule has 0 bridgehead atoms. The van der Waals surface area contributed by atoms with E-state index in [9.17, 15) is 0 Å². The van der Waals surface area contributed by atoms with E-state index in [4.69, 9.17) is 0 Å². The van der Waals surface area contributed by atoms with Crippen LogP contribution in [0.2, 0.25) is 0 Å². The van der Waals surface area contributed by atoms with Crippen LogP contribution in [0.1, 0.15) is 0 Å². The van der Waals surface area contributed by atoms with Crippen molar-refractivity contribution in [1.29, 1.82) is 0 Å². The summed E-state index contributed by atoms with van der Waals surface area (Å²) in [5.41, 5.74) is 12.4. The fraction of sp³-hybridized carbons (Fsp3) is 0. The van der Waals surface area contributed by atoms with E-state index < -0.39 is 0 Å². The SMILES string of the molecule is c1ccc(-c2ccccc2-c2c(-c3ccccc3)ccc3ccc(-c4c5ccccc5c(-c5ccccc5)c5ccccc45)cc23)cc1. The monoisotopic (exact) mass is 608 g/mol. The second-order valence-electron chi connectivity index (χ2n) is 12.4. The van der Waals surface area contributed by atoms with Crippen LogP contribution in [0, 0.1) is 0 Å². The molecule has 224 valence electrons. The Bertz CT molecular complexity index is 2520. The molecule has 9 rings (SSSR count). The highest BCUT2D eigenvalue weighted by molar-refractivity contribution is 6.22. The smallest absolute Gasteiger partial charge is 0.00204 e. The molecule has 0 saturated heterocycles.